The molecule has 0 radical (unpaired) electrons. The van der Waals surface area contributed by atoms with Gasteiger partial charge in [-0.05, 0) is 49.9 Å². The van der Waals surface area contributed by atoms with Crippen LogP contribution in [0.3, 0.4) is 0 Å². The molecule has 132 valence electrons. The van der Waals surface area contributed by atoms with Crippen molar-refractivity contribution in [2.24, 2.45) is 5.92 Å². The van der Waals surface area contributed by atoms with Gasteiger partial charge in [0, 0.05) is 6.04 Å². The van der Waals surface area contributed by atoms with E-state index in [1.807, 2.05) is 11.6 Å². The van der Waals surface area contributed by atoms with Crippen molar-refractivity contribution in [1.82, 2.24) is 10.0 Å². The van der Waals surface area contributed by atoms with Gasteiger partial charge in [-0.15, -0.1) is 0 Å². The maximum atomic E-state index is 12.8. The fraction of sp³-hybridized carbons (Fsp3) is 0.467. The van der Waals surface area contributed by atoms with Crippen LogP contribution in [0.4, 0.5) is 4.39 Å². The summed E-state index contributed by atoms with van der Waals surface area (Å²) in [4.78, 5) is 22.9. The first-order chi connectivity index (χ1) is 11.3. The van der Waals surface area contributed by atoms with Crippen molar-refractivity contribution in [2.75, 3.05) is 13.2 Å². The van der Waals surface area contributed by atoms with E-state index < -0.39 is 40.9 Å². The van der Waals surface area contributed by atoms with E-state index in [0.29, 0.717) is 5.92 Å². The molecule has 7 nitrogen and oxygen atoms in total. The zero-order chi connectivity index (χ0) is 17.7. The van der Waals surface area contributed by atoms with E-state index in [2.05, 4.69) is 5.32 Å². The summed E-state index contributed by atoms with van der Waals surface area (Å²) in [5.41, 5.74) is 0. The summed E-state index contributed by atoms with van der Waals surface area (Å²) in [5.74, 6) is -1.40. The molecule has 0 heterocycles. The number of sulfonamides is 1. The highest BCUT2D eigenvalue weighted by Crippen LogP contribution is 2.32. The van der Waals surface area contributed by atoms with Crippen LogP contribution in [0.25, 0.3) is 0 Å². The minimum absolute atomic E-state index is 0.0354. The number of halogens is 1. The normalized spacial score (nSPS) is 15.6. The third-order valence-electron chi connectivity index (χ3n) is 3.61. The third-order valence-corrected chi connectivity index (χ3v) is 5.03. The minimum Gasteiger partial charge on any atom is -0.455 e. The number of benzene rings is 1. The monoisotopic (exact) mass is 358 g/mol. The van der Waals surface area contributed by atoms with Gasteiger partial charge in [0.1, 0.15) is 12.4 Å². The van der Waals surface area contributed by atoms with Crippen molar-refractivity contribution in [3.63, 3.8) is 0 Å². The second-order valence-corrected chi connectivity index (χ2v) is 7.40. The Bertz CT molecular complexity index is 701. The molecule has 0 unspecified atom stereocenters. The third kappa shape index (κ3) is 5.57. The maximum Gasteiger partial charge on any atom is 0.321 e. The molecule has 0 spiro atoms. The summed E-state index contributed by atoms with van der Waals surface area (Å²) in [6, 6.07) is 4.19. The molecule has 1 saturated carbocycles. The van der Waals surface area contributed by atoms with Gasteiger partial charge in [-0.25, -0.2) is 12.8 Å². The standard InChI is InChI=1S/C15H19FN2O5S/c1-10(11-2-3-11)18-14(19)9-23-15(20)8-17-24(21,22)13-6-4-12(16)5-7-13/h4-7,10-11,17H,2-3,8-9H2,1H3,(H,18,19)/t10-/m1/s1. The highest BCUT2D eigenvalue weighted by atomic mass is 32.2. The number of esters is 1. The number of amides is 1. The molecule has 2 N–H and O–H groups in total. The van der Waals surface area contributed by atoms with Gasteiger partial charge >= 0.3 is 5.97 Å². The molecule has 0 aliphatic heterocycles. The van der Waals surface area contributed by atoms with Gasteiger partial charge in [-0.3, -0.25) is 9.59 Å². The lowest BCUT2D eigenvalue weighted by atomic mass is 10.2. The summed E-state index contributed by atoms with van der Waals surface area (Å²) in [6.07, 6.45) is 2.15. The van der Waals surface area contributed by atoms with E-state index in [1.165, 1.54) is 0 Å². The summed E-state index contributed by atoms with van der Waals surface area (Å²) >= 11 is 0. The highest BCUT2D eigenvalue weighted by molar-refractivity contribution is 7.89. The second kappa shape index (κ2) is 7.71. The van der Waals surface area contributed by atoms with Crippen LogP contribution in [0.2, 0.25) is 0 Å². The number of hydrogen-bond acceptors (Lipinski definition) is 5. The van der Waals surface area contributed by atoms with Crippen molar-refractivity contribution in [2.45, 2.75) is 30.7 Å². The van der Waals surface area contributed by atoms with Gasteiger partial charge in [-0.2, -0.15) is 4.72 Å². The smallest absolute Gasteiger partial charge is 0.321 e. The molecular formula is C15H19FN2O5S. The average molecular weight is 358 g/mol. The summed E-state index contributed by atoms with van der Waals surface area (Å²) in [5, 5.41) is 2.71. The summed E-state index contributed by atoms with van der Waals surface area (Å²) in [6.45, 7) is 0.799. The molecule has 9 heteroatoms. The maximum absolute atomic E-state index is 12.8. The molecule has 1 aromatic rings. The highest BCUT2D eigenvalue weighted by Gasteiger charge is 2.29. The minimum atomic E-state index is -3.95. The van der Waals surface area contributed by atoms with E-state index in [1.54, 1.807) is 0 Å². The van der Waals surface area contributed by atoms with Gasteiger partial charge in [0.05, 0.1) is 4.90 Å². The first-order valence-electron chi connectivity index (χ1n) is 7.48. The zero-order valence-corrected chi connectivity index (χ0v) is 13.9. The molecule has 0 saturated heterocycles. The largest absolute Gasteiger partial charge is 0.455 e. The van der Waals surface area contributed by atoms with E-state index in [9.17, 15) is 22.4 Å². The van der Waals surface area contributed by atoms with Crippen molar-refractivity contribution in [1.29, 1.82) is 0 Å². The fourth-order valence-corrected chi connectivity index (χ4v) is 3.03. The first-order valence-corrected chi connectivity index (χ1v) is 8.96. The Morgan fingerprint density at radius 2 is 1.92 bits per heavy atom. The number of carbonyl (C=O) groups is 2. The van der Waals surface area contributed by atoms with Gasteiger partial charge in [-0.1, -0.05) is 0 Å². The Morgan fingerprint density at radius 3 is 2.50 bits per heavy atom. The average Bonchev–Trinajstić information content (AvgIpc) is 3.36. The van der Waals surface area contributed by atoms with Crippen LogP contribution < -0.4 is 10.0 Å². The van der Waals surface area contributed by atoms with Crippen molar-refractivity contribution in [3.8, 4) is 0 Å². The van der Waals surface area contributed by atoms with Gasteiger partial charge in [0.25, 0.3) is 5.91 Å². The van der Waals surface area contributed by atoms with Crippen molar-refractivity contribution < 1.29 is 27.1 Å². The molecule has 1 amide bonds. The number of rotatable bonds is 8. The van der Waals surface area contributed by atoms with Gasteiger partial charge < -0.3 is 10.1 Å². The Labute approximate surface area is 139 Å². The predicted octanol–water partition coefficient (Wildman–Crippen LogP) is 0.562. The number of carbonyl (C=O) groups excluding carboxylic acids is 2. The van der Waals surface area contributed by atoms with Crippen LogP contribution in [0.5, 0.6) is 0 Å². The molecule has 1 atom stereocenters. The van der Waals surface area contributed by atoms with Crippen molar-refractivity contribution in [3.05, 3.63) is 30.1 Å². The number of ether oxygens (including phenoxy) is 1. The number of nitrogens with one attached hydrogen (secondary N) is 2. The molecule has 1 aliphatic rings. The van der Waals surface area contributed by atoms with Gasteiger partial charge in [0.15, 0.2) is 6.61 Å². The van der Waals surface area contributed by atoms with Crippen LogP contribution in [-0.2, 0) is 24.3 Å². The van der Waals surface area contributed by atoms with E-state index in [0.717, 1.165) is 37.1 Å². The molecule has 1 aromatic carbocycles. The molecule has 1 fully saturated rings. The fourth-order valence-electron chi connectivity index (χ4n) is 2.06. The van der Waals surface area contributed by atoms with Crippen LogP contribution in [0.15, 0.2) is 29.2 Å². The van der Waals surface area contributed by atoms with Crippen LogP contribution in [0, 0.1) is 11.7 Å². The second-order valence-electron chi connectivity index (χ2n) is 5.63. The van der Waals surface area contributed by atoms with E-state index in [-0.39, 0.29) is 10.9 Å². The molecular weight excluding hydrogens is 339 g/mol. The molecule has 1 aliphatic carbocycles. The SMILES string of the molecule is C[C@@H](NC(=O)COC(=O)CNS(=O)(=O)c1ccc(F)cc1)C1CC1. The molecule has 0 bridgehead atoms. The molecule has 2 rings (SSSR count). The summed E-state index contributed by atoms with van der Waals surface area (Å²) in [7, 11) is -3.95. The topological polar surface area (TPSA) is 102 Å². The van der Waals surface area contributed by atoms with Crippen molar-refractivity contribution >= 4 is 21.9 Å². The lowest BCUT2D eigenvalue weighted by molar-refractivity contribution is -0.147. The Hall–Kier alpha value is -2.00. The zero-order valence-electron chi connectivity index (χ0n) is 13.1. The van der Waals surface area contributed by atoms with Crippen LogP contribution >= 0.6 is 0 Å². The lowest BCUT2D eigenvalue weighted by Crippen LogP contribution is -2.38. The Kier molecular flexibility index (Phi) is 5.89. The number of hydrogen-bond donors (Lipinski definition) is 2. The summed E-state index contributed by atoms with van der Waals surface area (Å²) < 4.78 is 43.3. The first kappa shape index (κ1) is 18.3. The van der Waals surface area contributed by atoms with Crippen LogP contribution in [0.1, 0.15) is 19.8 Å². The Morgan fingerprint density at radius 1 is 1.29 bits per heavy atom. The Balaban J connectivity index is 1.73. The van der Waals surface area contributed by atoms with E-state index in [4.69, 9.17) is 4.74 Å². The molecule has 24 heavy (non-hydrogen) atoms. The molecule has 0 aromatic heterocycles. The van der Waals surface area contributed by atoms with E-state index >= 15 is 0 Å². The lowest BCUT2D eigenvalue weighted by Gasteiger charge is -2.12. The quantitative estimate of drug-likeness (QED) is 0.661. The van der Waals surface area contributed by atoms with Gasteiger partial charge in [0.2, 0.25) is 10.0 Å². The van der Waals surface area contributed by atoms with Crippen LogP contribution in [-0.4, -0.2) is 39.5 Å². The predicted molar refractivity (Wildman–Crippen MR) is 82.9 cm³/mol.